The Labute approximate surface area is 164 Å². The van der Waals surface area contributed by atoms with E-state index in [0.29, 0.717) is 10.6 Å². The monoisotopic (exact) mass is 410 g/mol. The fourth-order valence-corrected chi connectivity index (χ4v) is 3.54. The zero-order valence-corrected chi connectivity index (χ0v) is 17.8. The highest BCUT2D eigenvalue weighted by Gasteiger charge is 2.25. The van der Waals surface area contributed by atoms with Crippen molar-refractivity contribution in [2.75, 3.05) is 5.75 Å². The Bertz CT molecular complexity index is 1030. The molecule has 6 nitrogen and oxygen atoms in total. The lowest BCUT2D eigenvalue weighted by Crippen LogP contribution is -2.16. The Kier molecular flexibility index (Phi) is 6.17. The molecule has 1 aromatic heterocycles. The summed E-state index contributed by atoms with van der Waals surface area (Å²) in [6, 6.07) is 3.30. The molecule has 1 aromatic carbocycles. The van der Waals surface area contributed by atoms with Crippen molar-refractivity contribution < 1.29 is 17.4 Å². The average molecular weight is 411 g/mol. The smallest absolute Gasteiger partial charge is 0.310 e. The van der Waals surface area contributed by atoms with E-state index >= 15 is 0 Å². The lowest BCUT2D eigenvalue weighted by molar-refractivity contribution is 0.103. The number of hydrogen-bond donors (Lipinski definition) is 0. The predicted octanol–water partition coefficient (Wildman–Crippen LogP) is 4.15. The molecule has 0 aliphatic heterocycles. The van der Waals surface area contributed by atoms with Crippen LogP contribution in [-0.4, -0.2) is 29.7 Å². The van der Waals surface area contributed by atoms with E-state index < -0.39 is 10.1 Å². The third kappa shape index (κ3) is 4.25. The van der Waals surface area contributed by atoms with Gasteiger partial charge in [0.2, 0.25) is 5.88 Å². The Balaban J connectivity index is 2.62. The molecule has 2 aromatic rings. The standard InChI is InChI=1S/C19H23ClN2O4S/c1-7-27(24,25)26-19-15(10-21-22(19)6)18(23)14-8-9-16(20)17(13(14)5)12(4)11(2)3/h8-10H,7H2,1-6H3. The maximum atomic E-state index is 13.1. The van der Waals surface area contributed by atoms with Crippen LogP contribution in [0, 0.1) is 6.92 Å². The second-order valence-corrected chi connectivity index (χ2v) is 8.73. The largest absolute Gasteiger partial charge is 0.361 e. The number of carbonyl (C=O) groups excluding carboxylic acids is 1. The van der Waals surface area contributed by atoms with Gasteiger partial charge in [-0.3, -0.25) is 4.79 Å². The van der Waals surface area contributed by atoms with E-state index in [1.54, 1.807) is 12.1 Å². The second-order valence-electron chi connectivity index (χ2n) is 6.47. The lowest BCUT2D eigenvalue weighted by atomic mass is 9.92. The molecule has 0 aliphatic carbocycles. The number of ketones is 1. The molecule has 27 heavy (non-hydrogen) atoms. The predicted molar refractivity (Wildman–Crippen MR) is 107 cm³/mol. The number of benzene rings is 1. The third-order valence-corrected chi connectivity index (χ3v) is 5.91. The molecule has 1 heterocycles. The summed E-state index contributed by atoms with van der Waals surface area (Å²) >= 11 is 6.37. The second kappa shape index (κ2) is 7.86. The first-order valence-electron chi connectivity index (χ1n) is 8.42. The zero-order chi connectivity index (χ0) is 20.5. The van der Waals surface area contributed by atoms with Gasteiger partial charge in [0.25, 0.3) is 0 Å². The van der Waals surface area contributed by atoms with E-state index in [2.05, 4.69) is 5.10 Å². The van der Waals surface area contributed by atoms with Crippen LogP contribution in [-0.2, 0) is 17.2 Å². The molecule has 0 atom stereocenters. The van der Waals surface area contributed by atoms with Gasteiger partial charge in [-0.1, -0.05) is 17.2 Å². The van der Waals surface area contributed by atoms with Crippen molar-refractivity contribution >= 4 is 33.1 Å². The third-order valence-electron chi connectivity index (χ3n) is 4.47. The van der Waals surface area contributed by atoms with Crippen molar-refractivity contribution in [3.05, 3.63) is 51.2 Å². The van der Waals surface area contributed by atoms with Gasteiger partial charge < -0.3 is 4.18 Å². The first-order chi connectivity index (χ1) is 12.5. The summed E-state index contributed by atoms with van der Waals surface area (Å²) in [6.45, 7) is 9.18. The molecule has 8 heteroatoms. The molecule has 146 valence electrons. The van der Waals surface area contributed by atoms with Crippen LogP contribution in [0.1, 0.15) is 54.7 Å². The first kappa shape index (κ1) is 21.2. The molecule has 0 saturated carbocycles. The van der Waals surface area contributed by atoms with Gasteiger partial charge in [-0.15, -0.1) is 0 Å². The summed E-state index contributed by atoms with van der Waals surface area (Å²) < 4.78 is 30.0. The van der Waals surface area contributed by atoms with Crippen LogP contribution in [0.15, 0.2) is 23.9 Å². The number of aryl methyl sites for hydroxylation is 1. The SMILES string of the molecule is CCS(=O)(=O)Oc1c(C(=O)c2ccc(Cl)c(C(C)=C(C)C)c2C)cnn1C. The minimum Gasteiger partial charge on any atom is -0.361 e. The van der Waals surface area contributed by atoms with Gasteiger partial charge in [0.05, 0.1) is 11.9 Å². The Morgan fingerprint density at radius 3 is 2.41 bits per heavy atom. The van der Waals surface area contributed by atoms with Crippen LogP contribution in [0.25, 0.3) is 5.57 Å². The van der Waals surface area contributed by atoms with Crippen LogP contribution >= 0.6 is 11.6 Å². The Hall–Kier alpha value is -2.12. The van der Waals surface area contributed by atoms with Gasteiger partial charge >= 0.3 is 10.1 Å². The van der Waals surface area contributed by atoms with Crippen LogP contribution in [0.4, 0.5) is 0 Å². The van der Waals surface area contributed by atoms with E-state index in [4.69, 9.17) is 15.8 Å². The molecule has 0 amide bonds. The fourth-order valence-electron chi connectivity index (χ4n) is 2.64. The minimum atomic E-state index is -3.79. The number of allylic oxidation sites excluding steroid dienone is 2. The highest BCUT2D eigenvalue weighted by Crippen LogP contribution is 2.33. The maximum Gasteiger partial charge on any atom is 0.310 e. The van der Waals surface area contributed by atoms with Crippen molar-refractivity contribution in [2.24, 2.45) is 7.05 Å². The molecule has 0 bridgehead atoms. The van der Waals surface area contributed by atoms with Crippen LogP contribution in [0.3, 0.4) is 0 Å². The Morgan fingerprint density at radius 1 is 1.22 bits per heavy atom. The summed E-state index contributed by atoms with van der Waals surface area (Å²) in [5, 5.41) is 4.54. The van der Waals surface area contributed by atoms with Gasteiger partial charge in [0.15, 0.2) is 5.78 Å². The number of hydrogen-bond acceptors (Lipinski definition) is 5. The molecule has 0 unspecified atom stereocenters. The number of nitrogens with zero attached hydrogens (tertiary/aromatic N) is 2. The molecule has 0 saturated heterocycles. The highest BCUT2D eigenvalue weighted by atomic mass is 35.5. The van der Waals surface area contributed by atoms with Gasteiger partial charge in [-0.25, -0.2) is 4.68 Å². The van der Waals surface area contributed by atoms with E-state index in [0.717, 1.165) is 22.3 Å². The van der Waals surface area contributed by atoms with E-state index in [-0.39, 0.29) is 23.0 Å². The minimum absolute atomic E-state index is 0.0840. The number of rotatable bonds is 6. The van der Waals surface area contributed by atoms with E-state index in [9.17, 15) is 13.2 Å². The van der Waals surface area contributed by atoms with Crippen molar-refractivity contribution in [2.45, 2.75) is 34.6 Å². The first-order valence-corrected chi connectivity index (χ1v) is 10.4. The summed E-state index contributed by atoms with van der Waals surface area (Å²) in [4.78, 5) is 13.1. The fraction of sp³-hybridized carbons (Fsp3) is 0.368. The molecule has 0 N–H and O–H groups in total. The van der Waals surface area contributed by atoms with Crippen molar-refractivity contribution in [1.82, 2.24) is 9.78 Å². The summed E-state index contributed by atoms with van der Waals surface area (Å²) in [5.74, 6) is -0.687. The van der Waals surface area contributed by atoms with E-state index in [1.165, 1.54) is 24.9 Å². The van der Waals surface area contributed by atoms with E-state index in [1.807, 2.05) is 27.7 Å². The summed E-state index contributed by atoms with van der Waals surface area (Å²) in [7, 11) is -2.28. The number of halogens is 1. The quantitative estimate of drug-likeness (QED) is 0.527. The zero-order valence-electron chi connectivity index (χ0n) is 16.3. The molecule has 0 fully saturated rings. The highest BCUT2D eigenvalue weighted by molar-refractivity contribution is 7.87. The average Bonchev–Trinajstić information content (AvgIpc) is 2.94. The van der Waals surface area contributed by atoms with Gasteiger partial charge in [-0.05, 0) is 63.5 Å². The molecule has 0 radical (unpaired) electrons. The van der Waals surface area contributed by atoms with Crippen molar-refractivity contribution in [3.8, 4) is 5.88 Å². The van der Waals surface area contributed by atoms with Gasteiger partial charge in [-0.2, -0.15) is 13.5 Å². The topological polar surface area (TPSA) is 78.3 Å². The van der Waals surface area contributed by atoms with Crippen LogP contribution in [0.5, 0.6) is 5.88 Å². The van der Waals surface area contributed by atoms with Gasteiger partial charge in [0, 0.05) is 17.6 Å². The van der Waals surface area contributed by atoms with Crippen LogP contribution < -0.4 is 4.18 Å². The number of carbonyl (C=O) groups is 1. The lowest BCUT2D eigenvalue weighted by Gasteiger charge is -2.15. The normalized spacial score (nSPS) is 11.4. The van der Waals surface area contributed by atoms with Gasteiger partial charge in [0.1, 0.15) is 5.56 Å². The van der Waals surface area contributed by atoms with Crippen molar-refractivity contribution in [1.29, 1.82) is 0 Å². The Morgan fingerprint density at radius 2 is 1.85 bits per heavy atom. The van der Waals surface area contributed by atoms with Crippen LogP contribution in [0.2, 0.25) is 5.02 Å². The summed E-state index contributed by atoms with van der Waals surface area (Å²) in [5.41, 5.74) is 4.10. The molecule has 0 spiro atoms. The molecular weight excluding hydrogens is 388 g/mol. The molecule has 2 rings (SSSR count). The maximum absolute atomic E-state index is 13.1. The number of aromatic nitrogens is 2. The molecular formula is C19H23ClN2O4S. The summed E-state index contributed by atoms with van der Waals surface area (Å²) in [6.07, 6.45) is 1.31. The van der Waals surface area contributed by atoms with Crippen molar-refractivity contribution in [3.63, 3.8) is 0 Å². The molecule has 0 aliphatic rings.